The highest BCUT2D eigenvalue weighted by Gasteiger charge is 2.25. The van der Waals surface area contributed by atoms with E-state index < -0.39 is 0 Å². The third-order valence-electron chi connectivity index (χ3n) is 4.62. The van der Waals surface area contributed by atoms with E-state index >= 15 is 0 Å². The standard InChI is InChI=1S/C21H24N2O3S/c1-16-6-8-19(9-7-16)27-15-20(24)22-10-12-23(13-11-22)21(25)17-4-3-5-18(14-17)26-2/h3-9,14H,10-13,15H2,1-2H3. The van der Waals surface area contributed by atoms with Gasteiger partial charge in [0.2, 0.25) is 5.91 Å². The van der Waals surface area contributed by atoms with Gasteiger partial charge in [-0.1, -0.05) is 23.8 Å². The molecule has 5 nitrogen and oxygen atoms in total. The molecule has 1 saturated heterocycles. The smallest absolute Gasteiger partial charge is 0.254 e. The van der Waals surface area contributed by atoms with E-state index in [0.717, 1.165) is 4.90 Å². The number of carbonyl (C=O) groups excluding carboxylic acids is 2. The summed E-state index contributed by atoms with van der Waals surface area (Å²) in [6.07, 6.45) is 0. The van der Waals surface area contributed by atoms with E-state index in [1.165, 1.54) is 5.56 Å². The molecule has 0 saturated carbocycles. The van der Waals surface area contributed by atoms with Gasteiger partial charge in [-0.25, -0.2) is 0 Å². The number of methoxy groups -OCH3 is 1. The highest BCUT2D eigenvalue weighted by Crippen LogP contribution is 2.20. The topological polar surface area (TPSA) is 49.9 Å². The summed E-state index contributed by atoms with van der Waals surface area (Å²) in [5.41, 5.74) is 1.83. The number of nitrogens with zero attached hydrogens (tertiary/aromatic N) is 2. The first kappa shape index (κ1) is 19.3. The van der Waals surface area contributed by atoms with Gasteiger partial charge < -0.3 is 14.5 Å². The average Bonchev–Trinajstić information content (AvgIpc) is 2.72. The Morgan fingerprint density at radius 3 is 2.33 bits per heavy atom. The van der Waals surface area contributed by atoms with Crippen molar-refractivity contribution in [3.8, 4) is 5.75 Å². The fourth-order valence-electron chi connectivity index (χ4n) is 2.97. The fraction of sp³-hybridized carbons (Fsp3) is 0.333. The highest BCUT2D eigenvalue weighted by molar-refractivity contribution is 8.00. The molecule has 0 spiro atoms. The number of ether oxygens (including phenoxy) is 1. The maximum absolute atomic E-state index is 12.6. The number of hydrogen-bond donors (Lipinski definition) is 0. The van der Waals surface area contributed by atoms with Crippen LogP contribution in [0.15, 0.2) is 53.4 Å². The minimum Gasteiger partial charge on any atom is -0.497 e. The van der Waals surface area contributed by atoms with Gasteiger partial charge in [0, 0.05) is 36.6 Å². The molecule has 1 heterocycles. The van der Waals surface area contributed by atoms with Crippen LogP contribution in [0.25, 0.3) is 0 Å². The summed E-state index contributed by atoms with van der Waals surface area (Å²) in [7, 11) is 1.59. The summed E-state index contributed by atoms with van der Waals surface area (Å²) in [6.45, 7) is 4.30. The van der Waals surface area contributed by atoms with Crippen LogP contribution in [0.3, 0.4) is 0 Å². The van der Waals surface area contributed by atoms with Crippen molar-refractivity contribution in [1.82, 2.24) is 9.80 Å². The summed E-state index contributed by atoms with van der Waals surface area (Å²) in [5.74, 6) is 1.19. The van der Waals surface area contributed by atoms with Gasteiger partial charge in [-0.3, -0.25) is 9.59 Å². The lowest BCUT2D eigenvalue weighted by atomic mass is 10.1. The van der Waals surface area contributed by atoms with E-state index in [9.17, 15) is 9.59 Å². The van der Waals surface area contributed by atoms with E-state index in [4.69, 9.17) is 4.74 Å². The second-order valence-corrected chi connectivity index (χ2v) is 7.56. The Morgan fingerprint density at radius 2 is 1.67 bits per heavy atom. The zero-order chi connectivity index (χ0) is 19.2. The predicted molar refractivity (Wildman–Crippen MR) is 107 cm³/mol. The van der Waals surface area contributed by atoms with Crippen LogP contribution in [0, 0.1) is 6.92 Å². The summed E-state index contributed by atoms with van der Waals surface area (Å²) in [6, 6.07) is 15.4. The van der Waals surface area contributed by atoms with Gasteiger partial charge in [0.1, 0.15) is 5.75 Å². The monoisotopic (exact) mass is 384 g/mol. The van der Waals surface area contributed by atoms with Gasteiger partial charge in [0.05, 0.1) is 12.9 Å². The van der Waals surface area contributed by atoms with Crippen LogP contribution in [0.1, 0.15) is 15.9 Å². The largest absolute Gasteiger partial charge is 0.497 e. The van der Waals surface area contributed by atoms with Gasteiger partial charge in [-0.15, -0.1) is 11.8 Å². The molecule has 6 heteroatoms. The fourth-order valence-corrected chi connectivity index (χ4v) is 3.77. The van der Waals surface area contributed by atoms with Crippen molar-refractivity contribution in [3.63, 3.8) is 0 Å². The van der Waals surface area contributed by atoms with Gasteiger partial charge in [-0.2, -0.15) is 0 Å². The lowest BCUT2D eigenvalue weighted by Gasteiger charge is -2.34. The Labute approximate surface area is 164 Å². The summed E-state index contributed by atoms with van der Waals surface area (Å²) < 4.78 is 5.18. The molecule has 0 aliphatic carbocycles. The first-order chi connectivity index (χ1) is 13.1. The van der Waals surface area contributed by atoms with E-state index in [0.29, 0.717) is 43.2 Å². The van der Waals surface area contributed by atoms with Crippen molar-refractivity contribution in [2.45, 2.75) is 11.8 Å². The zero-order valence-corrected chi connectivity index (χ0v) is 16.5. The minimum atomic E-state index is -0.0185. The van der Waals surface area contributed by atoms with Crippen molar-refractivity contribution < 1.29 is 14.3 Å². The molecule has 0 N–H and O–H groups in total. The Balaban J connectivity index is 1.49. The number of thioether (sulfide) groups is 1. The average molecular weight is 385 g/mol. The van der Waals surface area contributed by atoms with Crippen molar-refractivity contribution in [1.29, 1.82) is 0 Å². The number of aryl methyl sites for hydroxylation is 1. The molecule has 3 rings (SSSR count). The Morgan fingerprint density at radius 1 is 1.00 bits per heavy atom. The molecule has 0 aromatic heterocycles. The maximum atomic E-state index is 12.6. The van der Waals surface area contributed by atoms with Crippen molar-refractivity contribution in [3.05, 3.63) is 59.7 Å². The molecule has 2 amide bonds. The molecule has 0 atom stereocenters. The predicted octanol–water partition coefficient (Wildman–Crippen LogP) is 3.08. The Kier molecular flexibility index (Phi) is 6.40. The van der Waals surface area contributed by atoms with Crippen LogP contribution < -0.4 is 4.74 Å². The van der Waals surface area contributed by atoms with E-state index in [2.05, 4.69) is 12.1 Å². The van der Waals surface area contributed by atoms with E-state index in [1.807, 2.05) is 36.1 Å². The van der Waals surface area contributed by atoms with Crippen LogP contribution in [-0.2, 0) is 4.79 Å². The van der Waals surface area contributed by atoms with Crippen molar-refractivity contribution in [2.75, 3.05) is 39.0 Å². The molecule has 2 aromatic rings. The van der Waals surface area contributed by atoms with Gasteiger partial charge in [-0.05, 0) is 37.3 Å². The van der Waals surface area contributed by atoms with Gasteiger partial charge in [0.15, 0.2) is 0 Å². The normalized spacial score (nSPS) is 14.1. The second kappa shape index (κ2) is 8.95. The molecular weight excluding hydrogens is 360 g/mol. The van der Waals surface area contributed by atoms with Gasteiger partial charge in [0.25, 0.3) is 5.91 Å². The molecular formula is C21H24N2O3S. The summed E-state index contributed by atoms with van der Waals surface area (Å²) >= 11 is 1.55. The number of rotatable bonds is 5. The quantitative estimate of drug-likeness (QED) is 0.744. The van der Waals surface area contributed by atoms with Crippen molar-refractivity contribution >= 4 is 23.6 Å². The lowest BCUT2D eigenvalue weighted by molar-refractivity contribution is -0.129. The molecule has 1 aliphatic rings. The van der Waals surface area contributed by atoms with E-state index in [-0.39, 0.29) is 11.8 Å². The maximum Gasteiger partial charge on any atom is 0.254 e. The lowest BCUT2D eigenvalue weighted by Crippen LogP contribution is -2.51. The van der Waals surface area contributed by atoms with Crippen molar-refractivity contribution in [2.24, 2.45) is 0 Å². The third kappa shape index (κ3) is 5.04. The Hall–Kier alpha value is -2.47. The number of piperazine rings is 1. The summed E-state index contributed by atoms with van der Waals surface area (Å²) in [4.78, 5) is 29.8. The second-order valence-electron chi connectivity index (χ2n) is 6.51. The summed E-state index contributed by atoms with van der Waals surface area (Å²) in [5, 5.41) is 0. The van der Waals surface area contributed by atoms with Gasteiger partial charge >= 0.3 is 0 Å². The van der Waals surface area contributed by atoms with Crippen LogP contribution in [0.5, 0.6) is 5.75 Å². The van der Waals surface area contributed by atoms with Crippen LogP contribution in [0.2, 0.25) is 0 Å². The van der Waals surface area contributed by atoms with Crippen LogP contribution in [-0.4, -0.2) is 60.7 Å². The molecule has 2 aromatic carbocycles. The molecule has 1 aliphatic heterocycles. The molecule has 0 unspecified atom stereocenters. The number of benzene rings is 2. The highest BCUT2D eigenvalue weighted by atomic mass is 32.2. The number of amides is 2. The molecule has 0 radical (unpaired) electrons. The number of carbonyl (C=O) groups is 2. The first-order valence-corrected chi connectivity index (χ1v) is 9.96. The van der Waals surface area contributed by atoms with Crippen LogP contribution in [0.4, 0.5) is 0 Å². The molecule has 1 fully saturated rings. The SMILES string of the molecule is COc1cccc(C(=O)N2CCN(C(=O)CSc3ccc(C)cc3)CC2)c1. The third-order valence-corrected chi connectivity index (χ3v) is 5.62. The van der Waals surface area contributed by atoms with Crippen LogP contribution >= 0.6 is 11.8 Å². The van der Waals surface area contributed by atoms with E-state index in [1.54, 1.807) is 35.9 Å². The molecule has 0 bridgehead atoms. The number of hydrogen-bond acceptors (Lipinski definition) is 4. The Bertz CT molecular complexity index is 799. The molecule has 142 valence electrons. The minimum absolute atomic E-state index is 0.0185. The molecule has 27 heavy (non-hydrogen) atoms. The first-order valence-electron chi connectivity index (χ1n) is 8.97. The zero-order valence-electron chi connectivity index (χ0n) is 15.7.